The van der Waals surface area contributed by atoms with Crippen molar-refractivity contribution in [3.63, 3.8) is 0 Å². The molecule has 128 valence electrons. The number of rotatable bonds is 6. The van der Waals surface area contributed by atoms with Gasteiger partial charge in [-0.05, 0) is 37.0 Å². The molecule has 1 N–H and O–H groups in total. The van der Waals surface area contributed by atoms with E-state index in [1.165, 1.54) is 10.5 Å². The van der Waals surface area contributed by atoms with E-state index in [0.717, 1.165) is 0 Å². The molecule has 0 unspecified atom stereocenters. The van der Waals surface area contributed by atoms with E-state index in [2.05, 4.69) is 26.1 Å². The van der Waals surface area contributed by atoms with Crippen LogP contribution in [0.15, 0.2) is 24.3 Å². The van der Waals surface area contributed by atoms with Crippen LogP contribution in [0.4, 0.5) is 0 Å². The lowest BCUT2D eigenvalue weighted by atomic mass is 9.87. The van der Waals surface area contributed by atoms with E-state index in [9.17, 15) is 9.59 Å². The van der Waals surface area contributed by atoms with Crippen molar-refractivity contribution in [2.45, 2.75) is 46.1 Å². The number of amides is 2. The van der Waals surface area contributed by atoms with Crippen LogP contribution in [0.5, 0.6) is 5.75 Å². The van der Waals surface area contributed by atoms with E-state index in [0.29, 0.717) is 5.75 Å². The Morgan fingerprint density at radius 1 is 1.17 bits per heavy atom. The van der Waals surface area contributed by atoms with Crippen molar-refractivity contribution in [2.24, 2.45) is 0 Å². The van der Waals surface area contributed by atoms with Crippen LogP contribution >= 0.6 is 0 Å². The summed E-state index contributed by atoms with van der Waals surface area (Å²) in [4.78, 5) is 25.0. The molecule has 0 aliphatic heterocycles. The summed E-state index contributed by atoms with van der Waals surface area (Å²) in [6, 6.07) is 7.78. The predicted octanol–water partition coefficient (Wildman–Crippen LogP) is 2.35. The smallest absolute Gasteiger partial charge is 0.260 e. The van der Waals surface area contributed by atoms with Gasteiger partial charge in [-0.3, -0.25) is 9.59 Å². The van der Waals surface area contributed by atoms with Gasteiger partial charge in [0.05, 0.1) is 6.54 Å². The molecule has 23 heavy (non-hydrogen) atoms. The molecular formula is C18H28N2O3. The molecule has 1 aromatic rings. The molecule has 0 radical (unpaired) electrons. The van der Waals surface area contributed by atoms with Crippen LogP contribution in [0.25, 0.3) is 0 Å². The van der Waals surface area contributed by atoms with E-state index < -0.39 is 0 Å². The van der Waals surface area contributed by atoms with Gasteiger partial charge in [0.25, 0.3) is 5.91 Å². The van der Waals surface area contributed by atoms with Gasteiger partial charge >= 0.3 is 0 Å². The molecule has 5 heteroatoms. The fraction of sp³-hybridized carbons (Fsp3) is 0.556. The van der Waals surface area contributed by atoms with Gasteiger partial charge in [0.15, 0.2) is 6.61 Å². The predicted molar refractivity (Wildman–Crippen MR) is 91.6 cm³/mol. The number of nitrogens with one attached hydrogen (secondary N) is 1. The highest BCUT2D eigenvalue weighted by molar-refractivity contribution is 5.85. The van der Waals surface area contributed by atoms with Crippen molar-refractivity contribution in [3.05, 3.63) is 29.8 Å². The molecule has 2 amide bonds. The standard InChI is InChI=1S/C18H28N2O3/c1-13(2)19-16(21)11-20(6)17(22)12-23-15-9-7-14(8-10-15)18(3,4)5/h7-10,13H,11-12H2,1-6H3,(H,19,21). The van der Waals surface area contributed by atoms with Gasteiger partial charge in [-0.15, -0.1) is 0 Å². The third kappa shape index (κ3) is 6.72. The molecule has 0 heterocycles. The average molecular weight is 320 g/mol. The maximum absolute atomic E-state index is 12.0. The van der Waals surface area contributed by atoms with Crippen LogP contribution in [0.3, 0.4) is 0 Å². The third-order valence-corrected chi connectivity index (χ3v) is 3.34. The van der Waals surface area contributed by atoms with Crippen LogP contribution in [0.2, 0.25) is 0 Å². The lowest BCUT2D eigenvalue weighted by Gasteiger charge is -2.20. The van der Waals surface area contributed by atoms with Gasteiger partial charge in [0.1, 0.15) is 5.75 Å². The maximum Gasteiger partial charge on any atom is 0.260 e. The lowest BCUT2D eigenvalue weighted by Crippen LogP contribution is -2.42. The first-order chi connectivity index (χ1) is 10.6. The molecular weight excluding hydrogens is 292 g/mol. The van der Waals surface area contributed by atoms with Crippen molar-refractivity contribution < 1.29 is 14.3 Å². The molecule has 0 atom stereocenters. The monoisotopic (exact) mass is 320 g/mol. The Kier molecular flexibility index (Phi) is 6.61. The number of ether oxygens (including phenoxy) is 1. The molecule has 1 aromatic carbocycles. The van der Waals surface area contributed by atoms with Crippen molar-refractivity contribution in [2.75, 3.05) is 20.2 Å². The number of nitrogens with zero attached hydrogens (tertiary/aromatic N) is 1. The molecule has 0 fully saturated rings. The minimum absolute atomic E-state index is 0.0311. The molecule has 0 saturated carbocycles. The Bertz CT molecular complexity index is 530. The number of likely N-dealkylation sites (N-methyl/N-ethyl adjacent to an activating group) is 1. The molecule has 1 rings (SSSR count). The van der Waals surface area contributed by atoms with Gasteiger partial charge in [-0.2, -0.15) is 0 Å². The number of carbonyl (C=O) groups excluding carboxylic acids is 2. The summed E-state index contributed by atoms with van der Waals surface area (Å²) in [7, 11) is 1.59. The van der Waals surface area contributed by atoms with E-state index in [4.69, 9.17) is 4.74 Å². The van der Waals surface area contributed by atoms with E-state index in [1.807, 2.05) is 38.1 Å². The fourth-order valence-corrected chi connectivity index (χ4v) is 1.98. The first-order valence-corrected chi connectivity index (χ1v) is 7.86. The fourth-order valence-electron chi connectivity index (χ4n) is 1.98. The maximum atomic E-state index is 12.0. The molecule has 0 aliphatic carbocycles. The lowest BCUT2D eigenvalue weighted by molar-refractivity contribution is -0.136. The van der Waals surface area contributed by atoms with Crippen molar-refractivity contribution in [1.29, 1.82) is 0 Å². The van der Waals surface area contributed by atoms with E-state index in [1.54, 1.807) is 7.05 Å². The van der Waals surface area contributed by atoms with Gasteiger partial charge in [0.2, 0.25) is 5.91 Å². The van der Waals surface area contributed by atoms with Crippen molar-refractivity contribution in [1.82, 2.24) is 10.2 Å². The third-order valence-electron chi connectivity index (χ3n) is 3.34. The number of hydrogen-bond acceptors (Lipinski definition) is 3. The summed E-state index contributed by atoms with van der Waals surface area (Å²) >= 11 is 0. The minimum atomic E-state index is -0.233. The summed E-state index contributed by atoms with van der Waals surface area (Å²) in [5.41, 5.74) is 1.29. The second kappa shape index (κ2) is 7.99. The van der Waals surface area contributed by atoms with E-state index in [-0.39, 0.29) is 36.4 Å². The molecule has 5 nitrogen and oxygen atoms in total. The Morgan fingerprint density at radius 2 is 1.74 bits per heavy atom. The highest BCUT2D eigenvalue weighted by atomic mass is 16.5. The Balaban J connectivity index is 2.48. The Morgan fingerprint density at radius 3 is 2.22 bits per heavy atom. The highest BCUT2D eigenvalue weighted by Gasteiger charge is 2.15. The highest BCUT2D eigenvalue weighted by Crippen LogP contribution is 2.24. The summed E-state index contributed by atoms with van der Waals surface area (Å²) in [6.07, 6.45) is 0. The normalized spacial score (nSPS) is 11.3. The second-order valence-electron chi connectivity index (χ2n) is 7.04. The quantitative estimate of drug-likeness (QED) is 0.875. The zero-order valence-electron chi connectivity index (χ0n) is 15.0. The molecule has 0 bridgehead atoms. The SMILES string of the molecule is CC(C)NC(=O)CN(C)C(=O)COc1ccc(C(C)(C)C)cc1. The number of benzene rings is 1. The first-order valence-electron chi connectivity index (χ1n) is 7.86. The molecule has 0 saturated heterocycles. The topological polar surface area (TPSA) is 58.6 Å². The van der Waals surface area contributed by atoms with Crippen LogP contribution in [0.1, 0.15) is 40.2 Å². The minimum Gasteiger partial charge on any atom is -0.484 e. The molecule has 0 aromatic heterocycles. The van der Waals surface area contributed by atoms with Gasteiger partial charge in [-0.25, -0.2) is 0 Å². The van der Waals surface area contributed by atoms with Crippen LogP contribution in [-0.2, 0) is 15.0 Å². The first kappa shape index (κ1) is 19.0. The summed E-state index contributed by atoms with van der Waals surface area (Å²) < 4.78 is 5.50. The number of hydrogen-bond donors (Lipinski definition) is 1. The van der Waals surface area contributed by atoms with Crippen LogP contribution < -0.4 is 10.1 Å². The molecule has 0 spiro atoms. The largest absolute Gasteiger partial charge is 0.484 e. The molecule has 0 aliphatic rings. The van der Waals surface area contributed by atoms with Gasteiger partial charge in [0, 0.05) is 13.1 Å². The zero-order chi connectivity index (χ0) is 17.6. The average Bonchev–Trinajstić information content (AvgIpc) is 2.43. The number of carbonyl (C=O) groups is 2. The summed E-state index contributed by atoms with van der Waals surface area (Å²) in [5.74, 6) is 0.237. The van der Waals surface area contributed by atoms with Crippen molar-refractivity contribution >= 4 is 11.8 Å². The van der Waals surface area contributed by atoms with Gasteiger partial charge in [-0.1, -0.05) is 32.9 Å². The van der Waals surface area contributed by atoms with E-state index >= 15 is 0 Å². The Labute approximate surface area is 139 Å². The van der Waals surface area contributed by atoms with Crippen molar-refractivity contribution in [3.8, 4) is 5.75 Å². The van der Waals surface area contributed by atoms with Gasteiger partial charge < -0.3 is 15.0 Å². The zero-order valence-corrected chi connectivity index (χ0v) is 15.0. The van der Waals surface area contributed by atoms with Crippen LogP contribution in [0, 0.1) is 0 Å². The summed E-state index contributed by atoms with van der Waals surface area (Å²) in [6.45, 7) is 10.1. The second-order valence-corrected chi connectivity index (χ2v) is 7.04. The Hall–Kier alpha value is -2.04. The van der Waals surface area contributed by atoms with Crippen LogP contribution in [-0.4, -0.2) is 43.0 Å². The summed E-state index contributed by atoms with van der Waals surface area (Å²) in [5, 5.41) is 2.75.